The molecule has 0 aliphatic carbocycles. The van der Waals surface area contributed by atoms with Gasteiger partial charge >= 0.3 is 6.18 Å². The fraction of sp³-hybridized carbons (Fsp3) is 0.392. The van der Waals surface area contributed by atoms with E-state index in [9.17, 15) is 31.2 Å². The van der Waals surface area contributed by atoms with Crippen molar-refractivity contribution in [3.63, 3.8) is 0 Å². The maximum Gasteiger partial charge on any atom is 0.416 e. The molecule has 0 aliphatic rings. The molecule has 0 atom stereocenters. The predicted molar refractivity (Wildman–Crippen MR) is 258 cm³/mol. The topological polar surface area (TPSA) is 173 Å². The average molecular weight is 995 g/mol. The van der Waals surface area contributed by atoms with Gasteiger partial charge in [-0.1, -0.05) is 42.0 Å². The Morgan fingerprint density at radius 2 is 1.20 bits per heavy atom. The summed E-state index contributed by atoms with van der Waals surface area (Å²) in [5.74, 6) is -0.866. The van der Waals surface area contributed by atoms with Crippen LogP contribution in [-0.4, -0.2) is 118 Å². The molecule has 15 nitrogen and oxygen atoms in total. The second-order valence-corrected chi connectivity index (χ2v) is 17.2. The number of rotatable bonds is 31. The molecule has 0 aliphatic heterocycles. The van der Waals surface area contributed by atoms with Crippen LogP contribution in [0.25, 0.3) is 11.3 Å². The highest BCUT2D eigenvalue weighted by atomic mass is 32.2. The van der Waals surface area contributed by atoms with Gasteiger partial charge in [0.15, 0.2) is 0 Å². The van der Waals surface area contributed by atoms with Crippen molar-refractivity contribution in [2.24, 2.45) is 0 Å². The van der Waals surface area contributed by atoms with Crippen molar-refractivity contribution >= 4 is 33.3 Å². The second-order valence-electron chi connectivity index (χ2n) is 15.6. The molecule has 5 rings (SSSR count). The van der Waals surface area contributed by atoms with Crippen molar-refractivity contribution in [3.8, 4) is 11.3 Å². The average Bonchev–Trinajstić information content (AvgIpc) is 3.35. The first-order valence-electron chi connectivity index (χ1n) is 22.9. The van der Waals surface area contributed by atoms with Gasteiger partial charge in [0.25, 0.3) is 21.9 Å². The number of hydrogen-bond donors (Lipinski definition) is 2. The van der Waals surface area contributed by atoms with Crippen molar-refractivity contribution in [2.45, 2.75) is 45.0 Å². The van der Waals surface area contributed by atoms with E-state index in [1.807, 2.05) is 39.0 Å². The van der Waals surface area contributed by atoms with Crippen LogP contribution < -0.4 is 15.5 Å². The summed E-state index contributed by atoms with van der Waals surface area (Å²) in [4.78, 5) is 33.7. The first-order chi connectivity index (χ1) is 33.8. The maximum absolute atomic E-state index is 13.7. The van der Waals surface area contributed by atoms with E-state index in [1.165, 1.54) is 36.5 Å². The highest BCUT2D eigenvalue weighted by Crippen LogP contribution is 2.33. The van der Waals surface area contributed by atoms with Crippen molar-refractivity contribution in [2.75, 3.05) is 103 Å². The van der Waals surface area contributed by atoms with Gasteiger partial charge in [0.2, 0.25) is 0 Å². The SMILES string of the molecule is CCN(CC)c1ccc(NC(=O)c2cccc(COCCOCCOCCOCCOCCOCCOS(=O)(=O)c3ccc(C)cc3)c2)c(-c2cc(C(=O)NCc3cccc(C(F)(F)F)c3)ccn2)c1. The molecule has 0 radical (unpaired) electrons. The van der Waals surface area contributed by atoms with Gasteiger partial charge in [-0.25, -0.2) is 0 Å². The Bertz CT molecular complexity index is 2510. The zero-order chi connectivity index (χ0) is 50.2. The number of ether oxygens (including phenoxy) is 6. The highest BCUT2D eigenvalue weighted by Gasteiger charge is 2.30. The first kappa shape index (κ1) is 55.2. The molecule has 0 saturated heterocycles. The number of halogens is 3. The molecule has 0 spiro atoms. The van der Waals surface area contributed by atoms with Crippen molar-refractivity contribution < 1.29 is 63.8 Å². The minimum Gasteiger partial charge on any atom is -0.377 e. The summed E-state index contributed by atoms with van der Waals surface area (Å²) in [6, 6.07) is 27.0. The molecule has 4 aromatic carbocycles. The molecule has 19 heteroatoms. The lowest BCUT2D eigenvalue weighted by Crippen LogP contribution is -2.23. The molecule has 0 saturated carbocycles. The number of nitrogens with one attached hydrogen (secondary N) is 2. The Hall–Kier alpha value is -5.77. The molecule has 2 amide bonds. The van der Waals surface area contributed by atoms with E-state index in [4.69, 9.17) is 32.6 Å². The summed E-state index contributed by atoms with van der Waals surface area (Å²) >= 11 is 0. The van der Waals surface area contributed by atoms with Gasteiger partial charge < -0.3 is 44.0 Å². The van der Waals surface area contributed by atoms with Crippen LogP contribution in [0.2, 0.25) is 0 Å². The van der Waals surface area contributed by atoms with Crippen LogP contribution in [0.5, 0.6) is 0 Å². The second kappa shape index (κ2) is 28.8. The minimum atomic E-state index is -4.50. The molecule has 378 valence electrons. The van der Waals surface area contributed by atoms with E-state index in [2.05, 4.69) is 20.5 Å². The monoisotopic (exact) mass is 994 g/mol. The minimum absolute atomic E-state index is 0.0917. The van der Waals surface area contributed by atoms with Crippen molar-refractivity contribution in [3.05, 3.63) is 143 Å². The van der Waals surface area contributed by atoms with Gasteiger partial charge in [0.05, 0.1) is 108 Å². The standard InChI is InChI=1S/C51H61F3N4O11S/c1-4-58(5-2)44-14-17-47(46(35-44)48-34-42(18-19-55-48)49(59)56-36-39-8-7-11-43(33-39)51(52,53)54)57-50(60)41-10-6-9-40(32-41)37-68-29-28-66-25-24-64-21-20-63-22-23-65-26-27-67-30-31-69-70(61,62)45-15-12-38(3)13-16-45/h6-19,32-35H,4-5,20-31,36-37H2,1-3H3,(H,56,59)(H,57,60). The van der Waals surface area contributed by atoms with Crippen LogP contribution in [0.1, 0.15) is 56.8 Å². The molecule has 70 heavy (non-hydrogen) atoms. The van der Waals surface area contributed by atoms with E-state index in [0.29, 0.717) is 87.5 Å². The van der Waals surface area contributed by atoms with Gasteiger partial charge in [-0.15, -0.1) is 0 Å². The first-order valence-corrected chi connectivity index (χ1v) is 24.3. The summed E-state index contributed by atoms with van der Waals surface area (Å²) in [5, 5.41) is 5.70. The number of alkyl halides is 3. The lowest BCUT2D eigenvalue weighted by Gasteiger charge is -2.23. The number of anilines is 2. The number of carbonyl (C=O) groups excluding carboxylic acids is 2. The van der Waals surface area contributed by atoms with Gasteiger partial charge in [-0.05, 0) is 98.6 Å². The smallest absolute Gasteiger partial charge is 0.377 e. The number of carbonyl (C=O) groups is 2. The third-order valence-electron chi connectivity index (χ3n) is 10.5. The molecular formula is C51H61F3N4O11S. The lowest BCUT2D eigenvalue weighted by atomic mass is 10.0. The zero-order valence-electron chi connectivity index (χ0n) is 39.6. The molecule has 2 N–H and O–H groups in total. The lowest BCUT2D eigenvalue weighted by molar-refractivity contribution is -0.137. The van der Waals surface area contributed by atoms with E-state index in [-0.39, 0.29) is 49.3 Å². The highest BCUT2D eigenvalue weighted by molar-refractivity contribution is 7.86. The quantitative estimate of drug-likeness (QED) is 0.0323. The van der Waals surface area contributed by atoms with Crippen LogP contribution in [0, 0.1) is 6.92 Å². The van der Waals surface area contributed by atoms with Crippen LogP contribution in [-0.2, 0) is 62.1 Å². The van der Waals surface area contributed by atoms with Gasteiger partial charge in [0.1, 0.15) is 0 Å². The van der Waals surface area contributed by atoms with E-state index in [0.717, 1.165) is 42.0 Å². The Balaban J connectivity index is 0.966. The largest absolute Gasteiger partial charge is 0.416 e. The van der Waals surface area contributed by atoms with Gasteiger partial charge in [0, 0.05) is 48.2 Å². The number of aromatic nitrogens is 1. The predicted octanol–water partition coefficient (Wildman–Crippen LogP) is 8.11. The van der Waals surface area contributed by atoms with E-state index >= 15 is 0 Å². The third-order valence-corrected chi connectivity index (χ3v) is 11.8. The number of amides is 2. The maximum atomic E-state index is 13.7. The van der Waals surface area contributed by atoms with Crippen molar-refractivity contribution in [1.82, 2.24) is 10.3 Å². The molecule has 0 fully saturated rings. The molecule has 0 bridgehead atoms. The van der Waals surface area contributed by atoms with E-state index in [1.54, 1.807) is 42.5 Å². The summed E-state index contributed by atoms with van der Waals surface area (Å²) in [5.41, 5.74) is 4.22. The number of benzene rings is 4. The Labute approximate surface area is 407 Å². The molecule has 1 heterocycles. The van der Waals surface area contributed by atoms with E-state index < -0.39 is 27.8 Å². The Morgan fingerprint density at radius 1 is 0.629 bits per heavy atom. The summed E-state index contributed by atoms with van der Waals surface area (Å²) in [6.07, 6.45) is -3.03. The van der Waals surface area contributed by atoms with Crippen LogP contribution in [0.15, 0.2) is 114 Å². The Kier molecular flexibility index (Phi) is 22.7. The van der Waals surface area contributed by atoms with Gasteiger partial charge in [-0.2, -0.15) is 21.6 Å². The number of pyridine rings is 1. The summed E-state index contributed by atoms with van der Waals surface area (Å²) < 4.78 is 102. The normalized spacial score (nSPS) is 11.7. The van der Waals surface area contributed by atoms with Crippen LogP contribution in [0.3, 0.4) is 0 Å². The third kappa shape index (κ3) is 18.5. The Morgan fingerprint density at radius 3 is 1.81 bits per heavy atom. The number of aryl methyl sites for hydroxylation is 1. The summed E-state index contributed by atoms with van der Waals surface area (Å²) in [6.45, 7) is 11.1. The van der Waals surface area contributed by atoms with Crippen molar-refractivity contribution in [1.29, 1.82) is 0 Å². The van der Waals surface area contributed by atoms with Crippen LogP contribution in [0.4, 0.5) is 24.5 Å². The van der Waals surface area contributed by atoms with Gasteiger partial charge in [-0.3, -0.25) is 18.8 Å². The summed E-state index contributed by atoms with van der Waals surface area (Å²) in [7, 11) is -3.82. The molecule has 1 aromatic heterocycles. The zero-order valence-corrected chi connectivity index (χ0v) is 40.4. The molecule has 0 unspecified atom stereocenters. The fourth-order valence-electron chi connectivity index (χ4n) is 6.76. The van der Waals surface area contributed by atoms with Crippen LogP contribution >= 0.6 is 0 Å². The fourth-order valence-corrected chi connectivity index (χ4v) is 7.65. The number of hydrogen-bond acceptors (Lipinski definition) is 13. The molecular weight excluding hydrogens is 934 g/mol. The number of nitrogens with zero attached hydrogens (tertiary/aromatic N) is 2. The molecule has 5 aromatic rings.